The number of esters is 1. The van der Waals surface area contributed by atoms with Gasteiger partial charge in [-0.2, -0.15) is 13.2 Å². The summed E-state index contributed by atoms with van der Waals surface area (Å²) in [6.07, 6.45) is -4.56. The van der Waals surface area contributed by atoms with E-state index in [2.05, 4.69) is 4.74 Å². The molecule has 0 aliphatic heterocycles. The number of alkyl halides is 3. The van der Waals surface area contributed by atoms with Crippen molar-refractivity contribution in [1.82, 2.24) is 0 Å². The molecule has 0 atom stereocenters. The number of ketones is 1. The van der Waals surface area contributed by atoms with Crippen molar-refractivity contribution < 1.29 is 55.9 Å². The fraction of sp³-hybridized carbons (Fsp3) is 0.231. The third kappa shape index (κ3) is 5.20. The first-order valence-corrected chi connectivity index (χ1v) is 5.63. The molecular formula is C13H9F4LiO4. The third-order valence-electron chi connectivity index (χ3n) is 2.30. The van der Waals surface area contributed by atoms with E-state index in [-0.39, 0.29) is 25.5 Å². The number of carbonyl (C=O) groups excluding carboxylic acids is 2. The summed E-state index contributed by atoms with van der Waals surface area (Å²) in [5.74, 6) is -5.30. The smallest absolute Gasteiger partial charge is 0.872 e. The van der Waals surface area contributed by atoms with Crippen LogP contribution in [0.1, 0.15) is 18.1 Å². The summed E-state index contributed by atoms with van der Waals surface area (Å²) in [5, 5.41) is 11.5. The molecule has 0 bridgehead atoms. The van der Waals surface area contributed by atoms with Gasteiger partial charge in [0.15, 0.2) is 0 Å². The Kier molecular flexibility index (Phi) is 7.36. The van der Waals surface area contributed by atoms with Crippen molar-refractivity contribution in [2.24, 2.45) is 0 Å². The molecule has 0 aliphatic carbocycles. The monoisotopic (exact) mass is 312 g/mol. The molecule has 0 unspecified atom stereocenters. The van der Waals surface area contributed by atoms with Crippen LogP contribution >= 0.6 is 0 Å². The van der Waals surface area contributed by atoms with Crippen LogP contribution in [0.5, 0.6) is 0 Å². The molecule has 0 radical (unpaired) electrons. The topological polar surface area (TPSA) is 66.4 Å². The Labute approximate surface area is 134 Å². The second kappa shape index (κ2) is 8.01. The van der Waals surface area contributed by atoms with Gasteiger partial charge in [-0.3, -0.25) is 4.79 Å². The quantitative estimate of drug-likeness (QED) is 0.173. The van der Waals surface area contributed by atoms with Crippen LogP contribution in [0.25, 0.3) is 5.76 Å². The fourth-order valence-corrected chi connectivity index (χ4v) is 1.36. The second-order valence-electron chi connectivity index (χ2n) is 3.79. The van der Waals surface area contributed by atoms with Crippen molar-refractivity contribution in [3.8, 4) is 0 Å². The minimum Gasteiger partial charge on any atom is -0.872 e. The molecule has 1 aromatic rings. The molecule has 0 aliphatic rings. The number of benzene rings is 1. The van der Waals surface area contributed by atoms with Crippen molar-refractivity contribution in [1.29, 1.82) is 0 Å². The summed E-state index contributed by atoms with van der Waals surface area (Å²) >= 11 is 0. The molecule has 4 nitrogen and oxygen atoms in total. The second-order valence-corrected chi connectivity index (χ2v) is 3.79. The van der Waals surface area contributed by atoms with E-state index < -0.39 is 40.6 Å². The van der Waals surface area contributed by atoms with E-state index in [4.69, 9.17) is 0 Å². The summed E-state index contributed by atoms with van der Waals surface area (Å²) in [5.41, 5.74) is -2.02. The summed E-state index contributed by atoms with van der Waals surface area (Å²) < 4.78 is 54.6. The Bertz CT molecular complexity index is 596. The van der Waals surface area contributed by atoms with Gasteiger partial charge in [0.05, 0.1) is 12.2 Å². The molecule has 1 aromatic carbocycles. The Morgan fingerprint density at radius 2 is 1.91 bits per heavy atom. The number of hydrogen-bond acceptors (Lipinski definition) is 4. The Balaban J connectivity index is 0.00000441. The first-order chi connectivity index (χ1) is 9.66. The Morgan fingerprint density at radius 3 is 2.36 bits per heavy atom. The molecule has 114 valence electrons. The summed E-state index contributed by atoms with van der Waals surface area (Å²) in [6, 6.07) is 1.44. The minimum absolute atomic E-state index is 0. The average molecular weight is 312 g/mol. The number of hydrogen-bond donors (Lipinski definition) is 0. The van der Waals surface area contributed by atoms with Crippen LogP contribution in [0.15, 0.2) is 24.3 Å². The van der Waals surface area contributed by atoms with Gasteiger partial charge >= 0.3 is 31.0 Å². The molecule has 0 aromatic heterocycles. The fourth-order valence-electron chi connectivity index (χ4n) is 1.36. The standard InChI is InChI=1S/C13H10F4O4.Li/c1-2-21-12(20)11(19)6-10(18)7-3-4-8(9(14)5-7)13(15,16)17;/h3-6,18H,2H2,1H3;/q;+1/p-1. The van der Waals surface area contributed by atoms with E-state index in [1.807, 2.05) is 0 Å². The van der Waals surface area contributed by atoms with E-state index in [9.17, 15) is 32.3 Å². The van der Waals surface area contributed by atoms with E-state index in [1.165, 1.54) is 6.92 Å². The summed E-state index contributed by atoms with van der Waals surface area (Å²) in [4.78, 5) is 22.2. The van der Waals surface area contributed by atoms with E-state index in [0.29, 0.717) is 24.3 Å². The first kappa shape index (κ1) is 20.2. The van der Waals surface area contributed by atoms with Crippen molar-refractivity contribution >= 4 is 17.5 Å². The molecule has 0 fully saturated rings. The van der Waals surface area contributed by atoms with Gasteiger partial charge in [-0.05, 0) is 30.7 Å². The maximum Gasteiger partial charge on any atom is 1.00 e. The molecule has 0 amide bonds. The zero-order valence-corrected chi connectivity index (χ0v) is 11.7. The van der Waals surface area contributed by atoms with Gasteiger partial charge in [-0.1, -0.05) is 11.8 Å². The Morgan fingerprint density at radius 1 is 1.32 bits per heavy atom. The molecule has 0 N–H and O–H groups in total. The predicted molar refractivity (Wildman–Crippen MR) is 61.0 cm³/mol. The number of halogens is 4. The number of ether oxygens (including phenoxy) is 1. The van der Waals surface area contributed by atoms with Gasteiger partial charge in [0.1, 0.15) is 5.82 Å². The number of rotatable bonds is 4. The van der Waals surface area contributed by atoms with Crippen LogP contribution < -0.4 is 24.0 Å². The van der Waals surface area contributed by atoms with Crippen molar-refractivity contribution in [3.05, 3.63) is 41.2 Å². The van der Waals surface area contributed by atoms with Gasteiger partial charge in [-0.15, -0.1) is 0 Å². The van der Waals surface area contributed by atoms with Crippen LogP contribution in [-0.4, -0.2) is 18.4 Å². The first-order valence-electron chi connectivity index (χ1n) is 5.63. The van der Waals surface area contributed by atoms with Crippen LogP contribution in [0.2, 0.25) is 0 Å². The average Bonchev–Trinajstić information content (AvgIpc) is 2.37. The van der Waals surface area contributed by atoms with E-state index in [1.54, 1.807) is 0 Å². The van der Waals surface area contributed by atoms with Gasteiger partial charge in [0, 0.05) is 0 Å². The maximum atomic E-state index is 13.3. The molecule has 9 heteroatoms. The van der Waals surface area contributed by atoms with Crippen LogP contribution in [0.3, 0.4) is 0 Å². The SMILES string of the molecule is CCOC(=O)C(=O)C=C([O-])c1ccc(C(F)(F)F)c(F)c1.[Li+]. The van der Waals surface area contributed by atoms with Crippen LogP contribution in [0.4, 0.5) is 17.6 Å². The summed E-state index contributed by atoms with van der Waals surface area (Å²) in [6.45, 7) is 1.36. The van der Waals surface area contributed by atoms with Gasteiger partial charge in [0.2, 0.25) is 0 Å². The van der Waals surface area contributed by atoms with Crippen molar-refractivity contribution in [2.45, 2.75) is 13.1 Å². The minimum atomic E-state index is -4.89. The molecule has 22 heavy (non-hydrogen) atoms. The van der Waals surface area contributed by atoms with Gasteiger partial charge in [-0.25, -0.2) is 9.18 Å². The van der Waals surface area contributed by atoms with Crippen LogP contribution in [-0.2, 0) is 20.5 Å². The molecular weight excluding hydrogens is 303 g/mol. The third-order valence-corrected chi connectivity index (χ3v) is 2.30. The van der Waals surface area contributed by atoms with Crippen LogP contribution in [0, 0.1) is 5.82 Å². The Hall–Kier alpha value is -1.78. The zero-order valence-electron chi connectivity index (χ0n) is 11.7. The number of carbonyl (C=O) groups is 2. The van der Waals surface area contributed by atoms with Crippen molar-refractivity contribution in [2.75, 3.05) is 6.61 Å². The van der Waals surface area contributed by atoms with E-state index in [0.717, 1.165) is 0 Å². The molecule has 0 saturated carbocycles. The zero-order chi connectivity index (χ0) is 16.2. The molecule has 0 spiro atoms. The van der Waals surface area contributed by atoms with E-state index >= 15 is 0 Å². The molecule has 0 saturated heterocycles. The van der Waals surface area contributed by atoms with Gasteiger partial charge in [0.25, 0.3) is 5.78 Å². The maximum absolute atomic E-state index is 13.3. The van der Waals surface area contributed by atoms with Gasteiger partial charge < -0.3 is 9.84 Å². The molecule has 0 heterocycles. The normalized spacial score (nSPS) is 11.6. The summed E-state index contributed by atoms with van der Waals surface area (Å²) in [7, 11) is 0. The largest absolute Gasteiger partial charge is 1.00 e. The predicted octanol–water partition coefficient (Wildman–Crippen LogP) is -1.32. The van der Waals surface area contributed by atoms with Crippen molar-refractivity contribution in [3.63, 3.8) is 0 Å². The molecule has 1 rings (SSSR count).